The minimum Gasteiger partial charge on any atom is -0.258 e. The molecule has 1 aromatic heterocycles. The first kappa shape index (κ1) is 9.07. The SMILES string of the molecule is O=[N+]([O-])c1cc(Br)cc2c(F)[nH]nc12. The van der Waals surface area contributed by atoms with Crippen molar-refractivity contribution in [3.63, 3.8) is 0 Å². The first-order chi connectivity index (χ1) is 6.59. The van der Waals surface area contributed by atoms with Gasteiger partial charge in [-0.2, -0.15) is 9.49 Å². The van der Waals surface area contributed by atoms with E-state index in [9.17, 15) is 14.5 Å². The van der Waals surface area contributed by atoms with E-state index in [-0.39, 0.29) is 16.6 Å². The molecule has 14 heavy (non-hydrogen) atoms. The van der Waals surface area contributed by atoms with Gasteiger partial charge in [-0.15, -0.1) is 0 Å². The van der Waals surface area contributed by atoms with Gasteiger partial charge in [0.1, 0.15) is 0 Å². The van der Waals surface area contributed by atoms with Crippen LogP contribution in [0.15, 0.2) is 16.6 Å². The van der Waals surface area contributed by atoms with Crippen molar-refractivity contribution >= 4 is 32.5 Å². The molecule has 1 aromatic carbocycles. The normalized spacial score (nSPS) is 10.7. The van der Waals surface area contributed by atoms with Gasteiger partial charge >= 0.3 is 0 Å². The quantitative estimate of drug-likeness (QED) is 0.631. The molecule has 0 saturated heterocycles. The Labute approximate surface area is 85.2 Å². The Kier molecular flexibility index (Phi) is 1.95. The van der Waals surface area contributed by atoms with Crippen LogP contribution in [-0.4, -0.2) is 15.1 Å². The molecule has 7 heteroatoms. The largest absolute Gasteiger partial charge is 0.298 e. The zero-order valence-corrected chi connectivity index (χ0v) is 8.21. The van der Waals surface area contributed by atoms with E-state index in [4.69, 9.17) is 0 Å². The van der Waals surface area contributed by atoms with Crippen molar-refractivity contribution < 1.29 is 9.31 Å². The lowest BCUT2D eigenvalue weighted by Crippen LogP contribution is -1.89. The molecule has 0 aliphatic rings. The van der Waals surface area contributed by atoms with Gasteiger partial charge in [-0.05, 0) is 6.07 Å². The molecule has 0 bridgehead atoms. The van der Waals surface area contributed by atoms with Crippen molar-refractivity contribution in [3.8, 4) is 0 Å². The lowest BCUT2D eigenvalue weighted by Gasteiger charge is -1.93. The molecular weight excluding hydrogens is 257 g/mol. The highest BCUT2D eigenvalue weighted by molar-refractivity contribution is 9.10. The average Bonchev–Trinajstić information content (AvgIpc) is 2.47. The first-order valence-electron chi connectivity index (χ1n) is 3.57. The van der Waals surface area contributed by atoms with E-state index in [2.05, 4.69) is 26.1 Å². The molecule has 1 N–H and O–H groups in total. The second-order valence-corrected chi connectivity index (χ2v) is 3.53. The summed E-state index contributed by atoms with van der Waals surface area (Å²) in [5.74, 6) is -0.676. The van der Waals surface area contributed by atoms with Crippen LogP contribution in [0.5, 0.6) is 0 Å². The molecule has 0 spiro atoms. The number of nitrogens with one attached hydrogen (secondary N) is 1. The third kappa shape index (κ3) is 1.25. The number of fused-ring (bicyclic) bond motifs is 1. The van der Waals surface area contributed by atoms with Gasteiger partial charge in [-0.3, -0.25) is 15.2 Å². The summed E-state index contributed by atoms with van der Waals surface area (Å²) in [7, 11) is 0. The highest BCUT2D eigenvalue weighted by Gasteiger charge is 2.18. The standard InChI is InChI=1S/C7H3BrFN3O2/c8-3-1-4-6(10-11-7(4)9)5(2-3)12(13)14/h1-2H,(H,10,11). The molecule has 0 atom stereocenters. The fourth-order valence-corrected chi connectivity index (χ4v) is 1.62. The van der Waals surface area contributed by atoms with E-state index in [0.29, 0.717) is 4.47 Å². The van der Waals surface area contributed by atoms with Gasteiger partial charge in [0.05, 0.1) is 10.3 Å². The van der Waals surface area contributed by atoms with Gasteiger partial charge in [0.2, 0.25) is 5.95 Å². The Bertz CT molecular complexity index is 525. The highest BCUT2D eigenvalue weighted by Crippen LogP contribution is 2.29. The maximum Gasteiger partial charge on any atom is 0.298 e. The van der Waals surface area contributed by atoms with Crippen LogP contribution in [0.3, 0.4) is 0 Å². The number of nitro groups is 1. The molecule has 0 unspecified atom stereocenters. The molecule has 72 valence electrons. The zero-order valence-electron chi connectivity index (χ0n) is 6.62. The number of nitro benzene ring substituents is 1. The number of nitrogens with zero attached hydrogens (tertiary/aromatic N) is 2. The lowest BCUT2D eigenvalue weighted by molar-refractivity contribution is -0.383. The van der Waals surface area contributed by atoms with Crippen molar-refractivity contribution in [1.29, 1.82) is 0 Å². The number of H-pyrrole nitrogens is 1. The van der Waals surface area contributed by atoms with Gasteiger partial charge in [-0.25, -0.2) is 0 Å². The highest BCUT2D eigenvalue weighted by atomic mass is 79.9. The molecule has 1 heterocycles. The van der Waals surface area contributed by atoms with Crippen LogP contribution < -0.4 is 0 Å². The smallest absolute Gasteiger partial charge is 0.258 e. The Morgan fingerprint density at radius 1 is 1.57 bits per heavy atom. The summed E-state index contributed by atoms with van der Waals surface area (Å²) in [5, 5.41) is 16.3. The van der Waals surface area contributed by atoms with E-state index in [1.54, 1.807) is 0 Å². The molecular formula is C7H3BrFN3O2. The van der Waals surface area contributed by atoms with Gasteiger partial charge < -0.3 is 0 Å². The fraction of sp³-hybridized carbons (Fsp3) is 0. The van der Waals surface area contributed by atoms with E-state index >= 15 is 0 Å². The van der Waals surface area contributed by atoms with Gasteiger partial charge in [0.15, 0.2) is 5.52 Å². The number of rotatable bonds is 1. The predicted octanol–water partition coefficient (Wildman–Crippen LogP) is 2.37. The topological polar surface area (TPSA) is 71.8 Å². The minimum atomic E-state index is -0.676. The minimum absolute atomic E-state index is 0.0238. The zero-order chi connectivity index (χ0) is 10.3. The predicted molar refractivity (Wildman–Crippen MR) is 50.4 cm³/mol. The molecule has 0 aliphatic heterocycles. The molecule has 0 saturated carbocycles. The summed E-state index contributed by atoms with van der Waals surface area (Å²) >= 11 is 3.06. The maximum atomic E-state index is 13.0. The second-order valence-electron chi connectivity index (χ2n) is 2.62. The number of hydrogen-bond acceptors (Lipinski definition) is 3. The number of halogens is 2. The van der Waals surface area contributed by atoms with Crippen LogP contribution in [0.2, 0.25) is 0 Å². The number of hydrogen-bond donors (Lipinski definition) is 1. The molecule has 5 nitrogen and oxygen atoms in total. The summed E-state index contributed by atoms with van der Waals surface area (Å²) in [5.41, 5.74) is -0.203. The van der Waals surface area contributed by atoms with E-state index < -0.39 is 10.9 Å². The molecule has 0 aliphatic carbocycles. The van der Waals surface area contributed by atoms with Crippen molar-refractivity contribution in [2.75, 3.05) is 0 Å². The summed E-state index contributed by atoms with van der Waals surface area (Å²) in [6.07, 6.45) is 0. The third-order valence-electron chi connectivity index (χ3n) is 1.75. The summed E-state index contributed by atoms with van der Waals surface area (Å²) in [6, 6.07) is 2.71. The summed E-state index contributed by atoms with van der Waals surface area (Å²) in [4.78, 5) is 9.98. The van der Waals surface area contributed by atoms with Gasteiger partial charge in [-0.1, -0.05) is 15.9 Å². The molecule has 0 amide bonds. The second kappa shape index (κ2) is 3.02. The Morgan fingerprint density at radius 2 is 2.29 bits per heavy atom. The monoisotopic (exact) mass is 259 g/mol. The number of non-ortho nitro benzene ring substituents is 1. The van der Waals surface area contributed by atoms with Crippen LogP contribution in [0.1, 0.15) is 0 Å². The Morgan fingerprint density at radius 3 is 2.93 bits per heavy atom. The van der Waals surface area contributed by atoms with Crippen LogP contribution >= 0.6 is 15.9 Å². The maximum absolute atomic E-state index is 13.0. The van der Waals surface area contributed by atoms with Crippen LogP contribution in [0.4, 0.5) is 10.1 Å². The lowest BCUT2D eigenvalue weighted by atomic mass is 10.2. The van der Waals surface area contributed by atoms with E-state index in [1.807, 2.05) is 0 Å². The van der Waals surface area contributed by atoms with Crippen LogP contribution in [0, 0.1) is 16.1 Å². The average molecular weight is 260 g/mol. The first-order valence-corrected chi connectivity index (χ1v) is 4.36. The van der Waals surface area contributed by atoms with Crippen LogP contribution in [-0.2, 0) is 0 Å². The number of aromatic amines is 1. The molecule has 2 rings (SSSR count). The molecule has 0 radical (unpaired) electrons. The summed E-state index contributed by atoms with van der Waals surface area (Å²) in [6.45, 7) is 0. The van der Waals surface area contributed by atoms with Crippen LogP contribution in [0.25, 0.3) is 10.9 Å². The van der Waals surface area contributed by atoms with Crippen molar-refractivity contribution in [2.24, 2.45) is 0 Å². The van der Waals surface area contributed by atoms with Crippen molar-refractivity contribution in [2.45, 2.75) is 0 Å². The fourth-order valence-electron chi connectivity index (χ4n) is 1.17. The van der Waals surface area contributed by atoms with E-state index in [1.165, 1.54) is 12.1 Å². The van der Waals surface area contributed by atoms with Crippen molar-refractivity contribution in [1.82, 2.24) is 10.2 Å². The van der Waals surface area contributed by atoms with Crippen molar-refractivity contribution in [3.05, 3.63) is 32.7 Å². The third-order valence-corrected chi connectivity index (χ3v) is 2.21. The van der Waals surface area contributed by atoms with E-state index in [0.717, 1.165) is 0 Å². The number of aromatic nitrogens is 2. The Hall–Kier alpha value is -1.50. The summed E-state index contributed by atoms with van der Waals surface area (Å²) < 4.78 is 13.4. The Balaban J connectivity index is 2.88. The number of benzene rings is 1. The van der Waals surface area contributed by atoms with Gasteiger partial charge in [0.25, 0.3) is 5.69 Å². The molecule has 0 fully saturated rings. The molecule has 2 aromatic rings. The van der Waals surface area contributed by atoms with Gasteiger partial charge in [0, 0.05) is 10.5 Å².